The number of thioether (sulfide) groups is 1. The molecule has 5 nitrogen and oxygen atoms in total. The molecular weight excluding hydrogens is 264 g/mol. The summed E-state index contributed by atoms with van der Waals surface area (Å²) in [6.45, 7) is 1.78. The van der Waals surface area contributed by atoms with Crippen LogP contribution in [0.1, 0.15) is 28.9 Å². The lowest BCUT2D eigenvalue weighted by atomic mass is 9.92. The number of hydrogen-bond donors (Lipinski definition) is 2. The van der Waals surface area contributed by atoms with Crippen molar-refractivity contribution in [2.24, 2.45) is 0 Å². The van der Waals surface area contributed by atoms with Crippen molar-refractivity contribution < 1.29 is 14.7 Å². The molecule has 2 rings (SSSR count). The van der Waals surface area contributed by atoms with E-state index in [9.17, 15) is 14.7 Å². The number of carbonyl (C=O) groups is 2. The van der Waals surface area contributed by atoms with E-state index in [0.29, 0.717) is 18.5 Å². The fourth-order valence-corrected chi connectivity index (χ4v) is 3.30. The highest BCUT2D eigenvalue weighted by Gasteiger charge is 2.41. The van der Waals surface area contributed by atoms with E-state index in [-0.39, 0.29) is 0 Å². The standard InChI is InChI=1S/C13H16N2O3S/c1-9-3-2-6-14-10(9)11(16)15-13(12(17)18)4-7-19-8-5-13/h2-3,6H,4-5,7-8H2,1H3,(H,15,16)(H,17,18). The van der Waals surface area contributed by atoms with Gasteiger partial charge in [-0.25, -0.2) is 4.79 Å². The van der Waals surface area contributed by atoms with Crippen molar-refractivity contribution in [1.29, 1.82) is 0 Å². The minimum atomic E-state index is -1.15. The molecule has 1 saturated heterocycles. The van der Waals surface area contributed by atoms with E-state index >= 15 is 0 Å². The van der Waals surface area contributed by atoms with Crippen LogP contribution < -0.4 is 5.32 Å². The maximum absolute atomic E-state index is 12.2. The predicted octanol–water partition coefficient (Wildman–Crippen LogP) is 1.47. The number of nitrogens with one attached hydrogen (secondary N) is 1. The van der Waals surface area contributed by atoms with Gasteiger partial charge >= 0.3 is 5.97 Å². The van der Waals surface area contributed by atoms with Crippen molar-refractivity contribution in [2.45, 2.75) is 25.3 Å². The van der Waals surface area contributed by atoms with Crippen LogP contribution in [-0.4, -0.2) is 39.0 Å². The summed E-state index contributed by atoms with van der Waals surface area (Å²) in [4.78, 5) is 27.7. The van der Waals surface area contributed by atoms with Crippen LogP contribution in [0, 0.1) is 6.92 Å². The quantitative estimate of drug-likeness (QED) is 0.876. The smallest absolute Gasteiger partial charge is 0.329 e. The average molecular weight is 280 g/mol. The minimum Gasteiger partial charge on any atom is -0.480 e. The summed E-state index contributed by atoms with van der Waals surface area (Å²) >= 11 is 1.71. The van der Waals surface area contributed by atoms with Crippen LogP contribution in [-0.2, 0) is 4.79 Å². The van der Waals surface area contributed by atoms with E-state index in [1.807, 2.05) is 0 Å². The van der Waals surface area contributed by atoms with Gasteiger partial charge < -0.3 is 10.4 Å². The Balaban J connectivity index is 2.20. The Hall–Kier alpha value is -1.56. The third kappa shape index (κ3) is 2.89. The lowest BCUT2D eigenvalue weighted by molar-refractivity contribution is -0.144. The van der Waals surface area contributed by atoms with Crippen LogP contribution in [0.2, 0.25) is 0 Å². The number of aliphatic carboxylic acids is 1. The average Bonchev–Trinajstić information content (AvgIpc) is 2.40. The van der Waals surface area contributed by atoms with Gasteiger partial charge in [-0.2, -0.15) is 11.8 Å². The molecule has 1 aromatic rings. The molecule has 1 fully saturated rings. The highest BCUT2D eigenvalue weighted by Crippen LogP contribution is 2.27. The Morgan fingerprint density at radius 1 is 1.42 bits per heavy atom. The highest BCUT2D eigenvalue weighted by molar-refractivity contribution is 7.99. The number of nitrogens with zero attached hydrogens (tertiary/aromatic N) is 1. The van der Waals surface area contributed by atoms with E-state index < -0.39 is 17.4 Å². The molecule has 0 unspecified atom stereocenters. The topological polar surface area (TPSA) is 79.3 Å². The van der Waals surface area contributed by atoms with E-state index in [1.165, 1.54) is 6.20 Å². The molecule has 6 heteroatoms. The number of carboxylic acids is 1. The second kappa shape index (κ2) is 5.61. The van der Waals surface area contributed by atoms with Crippen molar-refractivity contribution in [2.75, 3.05) is 11.5 Å². The number of carbonyl (C=O) groups excluding carboxylic acids is 1. The third-order valence-electron chi connectivity index (χ3n) is 3.33. The Morgan fingerprint density at radius 3 is 2.68 bits per heavy atom. The molecule has 2 heterocycles. The zero-order chi connectivity index (χ0) is 13.9. The van der Waals surface area contributed by atoms with Crippen molar-refractivity contribution >= 4 is 23.6 Å². The number of rotatable bonds is 3. The molecule has 0 bridgehead atoms. The monoisotopic (exact) mass is 280 g/mol. The molecule has 19 heavy (non-hydrogen) atoms. The maximum Gasteiger partial charge on any atom is 0.329 e. The van der Waals surface area contributed by atoms with Gasteiger partial charge in [0.2, 0.25) is 0 Å². The van der Waals surface area contributed by atoms with Gasteiger partial charge in [0.25, 0.3) is 5.91 Å². The first-order valence-electron chi connectivity index (χ1n) is 6.10. The van der Waals surface area contributed by atoms with Gasteiger partial charge in [-0.3, -0.25) is 9.78 Å². The van der Waals surface area contributed by atoms with E-state index in [0.717, 1.165) is 17.1 Å². The summed E-state index contributed by atoms with van der Waals surface area (Å²) < 4.78 is 0. The first-order valence-corrected chi connectivity index (χ1v) is 7.26. The summed E-state index contributed by atoms with van der Waals surface area (Å²) in [5, 5.41) is 12.1. The number of carboxylic acid groups (broad SMARTS) is 1. The Bertz CT molecular complexity index is 498. The van der Waals surface area contributed by atoms with Crippen molar-refractivity contribution in [3.05, 3.63) is 29.6 Å². The number of amides is 1. The third-order valence-corrected chi connectivity index (χ3v) is 4.32. The Morgan fingerprint density at radius 2 is 2.11 bits per heavy atom. The number of pyridine rings is 1. The zero-order valence-electron chi connectivity index (χ0n) is 10.7. The summed E-state index contributed by atoms with van der Waals surface area (Å²) in [5.41, 5.74) is -0.112. The molecule has 1 aliphatic rings. The van der Waals surface area contributed by atoms with Crippen molar-refractivity contribution in [1.82, 2.24) is 10.3 Å². The Labute approximate surface area is 115 Å². The van der Waals surface area contributed by atoms with E-state index in [1.54, 1.807) is 30.8 Å². The van der Waals surface area contributed by atoms with Crippen LogP contribution in [0.25, 0.3) is 0 Å². The molecule has 2 N–H and O–H groups in total. The number of aromatic nitrogens is 1. The molecule has 1 amide bonds. The van der Waals surface area contributed by atoms with Gasteiger partial charge in [0.1, 0.15) is 11.2 Å². The first-order chi connectivity index (χ1) is 9.05. The molecule has 1 aromatic heterocycles. The lowest BCUT2D eigenvalue weighted by Gasteiger charge is -2.33. The second-order valence-electron chi connectivity index (χ2n) is 4.62. The zero-order valence-corrected chi connectivity index (χ0v) is 11.5. The predicted molar refractivity (Wildman–Crippen MR) is 73.4 cm³/mol. The van der Waals surface area contributed by atoms with Gasteiger partial charge in [-0.15, -0.1) is 0 Å². The van der Waals surface area contributed by atoms with Crippen LogP contribution >= 0.6 is 11.8 Å². The molecule has 0 aromatic carbocycles. The Kier molecular flexibility index (Phi) is 4.09. The van der Waals surface area contributed by atoms with Gasteiger partial charge in [0.05, 0.1) is 0 Å². The maximum atomic E-state index is 12.2. The minimum absolute atomic E-state index is 0.293. The molecule has 0 atom stereocenters. The first kappa shape index (κ1) is 13.9. The summed E-state index contributed by atoms with van der Waals surface area (Å²) in [6.07, 6.45) is 2.43. The number of aryl methyl sites for hydroxylation is 1. The normalized spacial score (nSPS) is 17.7. The van der Waals surface area contributed by atoms with Gasteiger partial charge in [-0.1, -0.05) is 6.07 Å². The number of hydrogen-bond acceptors (Lipinski definition) is 4. The van der Waals surface area contributed by atoms with E-state index in [2.05, 4.69) is 10.3 Å². The molecule has 1 aliphatic heterocycles. The van der Waals surface area contributed by atoms with Crippen LogP contribution in [0.3, 0.4) is 0 Å². The largest absolute Gasteiger partial charge is 0.480 e. The molecular formula is C13H16N2O3S. The van der Waals surface area contributed by atoms with Crippen LogP contribution in [0.5, 0.6) is 0 Å². The fourth-order valence-electron chi connectivity index (χ4n) is 2.11. The molecule has 102 valence electrons. The molecule has 0 spiro atoms. The van der Waals surface area contributed by atoms with Crippen molar-refractivity contribution in [3.63, 3.8) is 0 Å². The molecule has 0 saturated carbocycles. The molecule has 0 aliphatic carbocycles. The van der Waals surface area contributed by atoms with Gasteiger partial charge in [0, 0.05) is 6.20 Å². The molecule has 0 radical (unpaired) electrons. The second-order valence-corrected chi connectivity index (χ2v) is 5.85. The SMILES string of the molecule is Cc1cccnc1C(=O)NC1(C(=O)O)CCSCC1. The van der Waals surface area contributed by atoms with Crippen LogP contribution in [0.4, 0.5) is 0 Å². The van der Waals surface area contributed by atoms with Crippen molar-refractivity contribution in [3.8, 4) is 0 Å². The van der Waals surface area contributed by atoms with E-state index in [4.69, 9.17) is 0 Å². The summed E-state index contributed by atoms with van der Waals surface area (Å²) in [5.74, 6) is 0.115. The summed E-state index contributed by atoms with van der Waals surface area (Å²) in [7, 11) is 0. The highest BCUT2D eigenvalue weighted by atomic mass is 32.2. The van der Waals surface area contributed by atoms with Crippen LogP contribution in [0.15, 0.2) is 18.3 Å². The van der Waals surface area contributed by atoms with Gasteiger partial charge in [-0.05, 0) is 42.9 Å². The summed E-state index contributed by atoms with van der Waals surface area (Å²) in [6, 6.07) is 3.53. The van der Waals surface area contributed by atoms with Gasteiger partial charge in [0.15, 0.2) is 0 Å². The fraction of sp³-hybridized carbons (Fsp3) is 0.462. The lowest BCUT2D eigenvalue weighted by Crippen LogP contribution is -2.56.